The van der Waals surface area contributed by atoms with Gasteiger partial charge in [-0.3, -0.25) is 9.59 Å². The molecule has 0 aromatic heterocycles. The lowest BCUT2D eigenvalue weighted by atomic mass is 9.83. The van der Waals surface area contributed by atoms with E-state index in [1.165, 1.54) is 0 Å². The molecule has 0 aliphatic heterocycles. The predicted octanol–water partition coefficient (Wildman–Crippen LogP) is 4.65. The van der Waals surface area contributed by atoms with Gasteiger partial charge in [0.1, 0.15) is 17.7 Å². The van der Waals surface area contributed by atoms with E-state index >= 15 is 0 Å². The number of Topliss-reactive ketones (excluding diaryl/α,β-unsaturated/α-hetero) is 2. The first kappa shape index (κ1) is 27.1. The van der Waals surface area contributed by atoms with Gasteiger partial charge in [0.25, 0.3) is 0 Å². The molecule has 5 heteroatoms. The van der Waals surface area contributed by atoms with Crippen LogP contribution >= 0.6 is 0 Å². The molecule has 0 spiro atoms. The summed E-state index contributed by atoms with van der Waals surface area (Å²) in [4.78, 5) is 26.7. The molecule has 4 aromatic carbocycles. The van der Waals surface area contributed by atoms with Gasteiger partial charge in [0, 0.05) is 12.8 Å². The molecule has 0 bridgehead atoms. The van der Waals surface area contributed by atoms with Gasteiger partial charge in [0.05, 0.1) is 24.0 Å². The van der Waals surface area contributed by atoms with E-state index in [-0.39, 0.29) is 24.4 Å². The Balaban J connectivity index is 1.47. The Labute approximate surface area is 223 Å². The minimum absolute atomic E-state index is 0.293. The van der Waals surface area contributed by atoms with Crippen LogP contribution in [0, 0.1) is 0 Å². The highest BCUT2D eigenvalue weighted by Gasteiger charge is 2.33. The van der Waals surface area contributed by atoms with E-state index in [9.17, 15) is 24.9 Å². The maximum atomic E-state index is 13.4. The highest BCUT2D eigenvalue weighted by molar-refractivity contribution is 5.90. The molecule has 0 heterocycles. The summed E-state index contributed by atoms with van der Waals surface area (Å²) in [5.41, 5.74) is 3.09. The van der Waals surface area contributed by atoms with Crippen LogP contribution < -0.4 is 0 Å². The first-order chi connectivity index (χ1) is 18.5. The minimum Gasteiger partial charge on any atom is -0.390 e. The number of carbonyl (C=O) groups is 2. The molecule has 3 atom stereocenters. The van der Waals surface area contributed by atoms with Crippen molar-refractivity contribution in [3.05, 3.63) is 144 Å². The van der Waals surface area contributed by atoms with Crippen LogP contribution in [0.4, 0.5) is 0 Å². The number of hydrogen-bond acceptors (Lipinski definition) is 5. The zero-order valence-corrected chi connectivity index (χ0v) is 21.0. The van der Waals surface area contributed by atoms with Crippen molar-refractivity contribution in [3.63, 3.8) is 0 Å². The maximum Gasteiger partial charge on any atom is 0.147 e. The standard InChI is InChI=1S/C33H32O5/c34-27(31(23-13-5-1-6-14-23)24-15-7-2-8-16-24)21-29(36)33(38)30(37)22-28(35)32(25-17-9-3-10-18-25)26-19-11-4-12-20-26/h1-20,29-33,36-38H,21-22H2/t29-,30+,33?. The van der Waals surface area contributed by atoms with Crippen molar-refractivity contribution in [1.82, 2.24) is 0 Å². The van der Waals surface area contributed by atoms with Crippen molar-refractivity contribution in [1.29, 1.82) is 0 Å². The third-order valence-electron chi connectivity index (χ3n) is 6.78. The Bertz CT molecular complexity index is 1110. The van der Waals surface area contributed by atoms with Gasteiger partial charge in [-0.25, -0.2) is 0 Å². The highest BCUT2D eigenvalue weighted by atomic mass is 16.4. The molecule has 194 valence electrons. The van der Waals surface area contributed by atoms with Crippen LogP contribution in [0.25, 0.3) is 0 Å². The van der Waals surface area contributed by atoms with Crippen LogP contribution in [0.5, 0.6) is 0 Å². The Hall–Kier alpha value is -3.90. The molecule has 4 rings (SSSR count). The molecule has 0 aliphatic carbocycles. The van der Waals surface area contributed by atoms with Gasteiger partial charge in [0.2, 0.25) is 0 Å². The van der Waals surface area contributed by atoms with Crippen molar-refractivity contribution >= 4 is 11.6 Å². The van der Waals surface area contributed by atoms with E-state index in [1.54, 1.807) is 0 Å². The van der Waals surface area contributed by atoms with Crippen LogP contribution in [0.1, 0.15) is 46.9 Å². The second-order valence-corrected chi connectivity index (χ2v) is 9.47. The molecule has 0 saturated carbocycles. The molecule has 1 unspecified atom stereocenters. The normalized spacial score (nSPS) is 13.7. The van der Waals surface area contributed by atoms with Crippen molar-refractivity contribution < 1.29 is 24.9 Å². The van der Waals surface area contributed by atoms with E-state index in [1.807, 2.05) is 121 Å². The van der Waals surface area contributed by atoms with Crippen LogP contribution in [0.3, 0.4) is 0 Å². The molecule has 5 nitrogen and oxygen atoms in total. The molecular formula is C33H32O5. The fourth-order valence-corrected chi connectivity index (χ4v) is 4.86. The molecule has 3 N–H and O–H groups in total. The van der Waals surface area contributed by atoms with Gasteiger partial charge in [-0.1, -0.05) is 121 Å². The Morgan fingerprint density at radius 3 is 0.921 bits per heavy atom. The molecule has 0 aliphatic rings. The van der Waals surface area contributed by atoms with Crippen LogP contribution in [-0.4, -0.2) is 45.2 Å². The summed E-state index contributed by atoms with van der Waals surface area (Å²) in [5.74, 6) is -1.84. The first-order valence-electron chi connectivity index (χ1n) is 12.7. The van der Waals surface area contributed by atoms with Crippen molar-refractivity contribution in [2.24, 2.45) is 0 Å². The first-order valence-corrected chi connectivity index (χ1v) is 12.7. The van der Waals surface area contributed by atoms with Gasteiger partial charge >= 0.3 is 0 Å². The van der Waals surface area contributed by atoms with Gasteiger partial charge in [0.15, 0.2) is 0 Å². The molecule has 38 heavy (non-hydrogen) atoms. The Morgan fingerprint density at radius 2 is 0.684 bits per heavy atom. The highest BCUT2D eigenvalue weighted by Crippen LogP contribution is 2.30. The third kappa shape index (κ3) is 6.69. The summed E-state index contributed by atoms with van der Waals surface area (Å²) in [7, 11) is 0. The van der Waals surface area contributed by atoms with E-state index in [0.717, 1.165) is 22.3 Å². The number of rotatable bonds is 12. The summed E-state index contributed by atoms with van der Waals surface area (Å²) in [6.45, 7) is 0. The quantitative estimate of drug-likeness (QED) is 0.259. The molecule has 4 aromatic rings. The molecule has 0 saturated heterocycles. The van der Waals surface area contributed by atoms with Crippen LogP contribution in [0.15, 0.2) is 121 Å². The topological polar surface area (TPSA) is 94.8 Å². The second kappa shape index (κ2) is 13.1. The number of carbonyl (C=O) groups excluding carboxylic acids is 2. The minimum atomic E-state index is -1.66. The number of aliphatic hydroxyl groups excluding tert-OH is 3. The summed E-state index contributed by atoms with van der Waals surface area (Å²) in [6, 6.07) is 37.0. The molecular weight excluding hydrogens is 476 g/mol. The Kier molecular flexibility index (Phi) is 9.33. The zero-order valence-electron chi connectivity index (χ0n) is 21.0. The van der Waals surface area contributed by atoms with E-state index in [0.29, 0.717) is 0 Å². The lowest BCUT2D eigenvalue weighted by molar-refractivity contribution is -0.129. The fourth-order valence-electron chi connectivity index (χ4n) is 4.86. The number of hydrogen-bond donors (Lipinski definition) is 3. The van der Waals surface area contributed by atoms with E-state index in [4.69, 9.17) is 0 Å². The van der Waals surface area contributed by atoms with E-state index in [2.05, 4.69) is 0 Å². The Morgan fingerprint density at radius 1 is 0.447 bits per heavy atom. The summed E-state index contributed by atoms with van der Waals surface area (Å²) in [6.07, 6.45) is -5.48. The molecule has 0 radical (unpaired) electrons. The predicted molar refractivity (Wildman–Crippen MR) is 147 cm³/mol. The van der Waals surface area contributed by atoms with Gasteiger partial charge in [-0.2, -0.15) is 0 Å². The van der Waals surface area contributed by atoms with Gasteiger partial charge < -0.3 is 15.3 Å². The fraction of sp³-hybridized carbons (Fsp3) is 0.212. The van der Waals surface area contributed by atoms with Gasteiger partial charge in [-0.15, -0.1) is 0 Å². The average Bonchev–Trinajstić information content (AvgIpc) is 2.95. The third-order valence-corrected chi connectivity index (χ3v) is 6.78. The molecule has 0 amide bonds. The molecule has 0 fully saturated rings. The lowest BCUT2D eigenvalue weighted by Gasteiger charge is -2.26. The van der Waals surface area contributed by atoms with Crippen molar-refractivity contribution in [2.45, 2.75) is 43.0 Å². The SMILES string of the molecule is O=C(C[C@@H](O)C(O)[C@@H](O)CC(=O)C(c1ccccc1)c1ccccc1)C(c1ccccc1)c1ccccc1. The summed E-state index contributed by atoms with van der Waals surface area (Å²) >= 11 is 0. The second-order valence-electron chi connectivity index (χ2n) is 9.47. The lowest BCUT2D eigenvalue weighted by Crippen LogP contribution is -2.41. The largest absolute Gasteiger partial charge is 0.390 e. The number of aliphatic hydroxyl groups is 3. The number of ketones is 2. The van der Waals surface area contributed by atoms with Crippen LogP contribution in [0.2, 0.25) is 0 Å². The number of benzene rings is 4. The van der Waals surface area contributed by atoms with Crippen molar-refractivity contribution in [2.75, 3.05) is 0 Å². The van der Waals surface area contributed by atoms with E-state index < -0.39 is 30.1 Å². The van der Waals surface area contributed by atoms with Crippen molar-refractivity contribution in [3.8, 4) is 0 Å². The smallest absolute Gasteiger partial charge is 0.147 e. The summed E-state index contributed by atoms with van der Waals surface area (Å²) in [5, 5.41) is 32.2. The maximum absolute atomic E-state index is 13.4. The summed E-state index contributed by atoms with van der Waals surface area (Å²) < 4.78 is 0. The zero-order chi connectivity index (χ0) is 26.9. The average molecular weight is 509 g/mol. The monoisotopic (exact) mass is 508 g/mol. The van der Waals surface area contributed by atoms with Crippen LogP contribution in [-0.2, 0) is 9.59 Å². The van der Waals surface area contributed by atoms with Gasteiger partial charge in [-0.05, 0) is 22.3 Å².